The zero-order valence-electron chi connectivity index (χ0n) is 17.7. The second-order valence-corrected chi connectivity index (χ2v) is 8.02. The molecule has 5 amide bonds. The van der Waals surface area contributed by atoms with Crippen molar-refractivity contribution in [1.82, 2.24) is 15.5 Å². The van der Waals surface area contributed by atoms with Gasteiger partial charge in [0.25, 0.3) is 11.8 Å². The lowest BCUT2D eigenvalue weighted by Crippen LogP contribution is -2.54. The first-order valence-electron chi connectivity index (χ1n) is 10.6. The minimum Gasteiger partial charge on any atom is -0.375 e. The maximum Gasteiger partial charge on any atom is 0.264 e. The number of hydrogen-bond acceptors (Lipinski definition) is 8. The van der Waals surface area contributed by atoms with Gasteiger partial charge in [-0.3, -0.25) is 34.2 Å². The quantitative estimate of drug-likeness (QED) is 0.370. The molecule has 3 aliphatic rings. The number of piperidine rings is 1. The number of benzene rings is 1. The van der Waals surface area contributed by atoms with E-state index in [0.717, 1.165) is 4.90 Å². The summed E-state index contributed by atoms with van der Waals surface area (Å²) in [4.78, 5) is 62.6. The molecule has 4 rings (SSSR count). The predicted octanol–water partition coefficient (Wildman–Crippen LogP) is 0.582. The molecule has 11 heteroatoms. The molecule has 33 heavy (non-hydrogen) atoms. The third kappa shape index (κ3) is 4.45. The molecule has 1 unspecified atom stereocenters. The summed E-state index contributed by atoms with van der Waals surface area (Å²) in [6.07, 6.45) is 7.13. The topological polar surface area (TPSA) is 149 Å². The van der Waals surface area contributed by atoms with Gasteiger partial charge in [-0.05, 0) is 18.6 Å². The highest BCUT2D eigenvalue weighted by molar-refractivity contribution is 6.25. The summed E-state index contributed by atoms with van der Waals surface area (Å²) < 4.78 is 0. The maximum absolute atomic E-state index is 13.0. The predicted molar refractivity (Wildman–Crippen MR) is 115 cm³/mol. The fourth-order valence-corrected chi connectivity index (χ4v) is 3.97. The van der Waals surface area contributed by atoms with Crippen LogP contribution in [0, 0.1) is 12.3 Å². The highest BCUT2D eigenvalue weighted by atomic mass is 16.2. The van der Waals surface area contributed by atoms with Crippen molar-refractivity contribution in [1.29, 1.82) is 0 Å². The van der Waals surface area contributed by atoms with Gasteiger partial charge in [0.2, 0.25) is 17.7 Å². The summed E-state index contributed by atoms with van der Waals surface area (Å²) in [5.74, 6) is -0.117. The van der Waals surface area contributed by atoms with Gasteiger partial charge in [-0.25, -0.2) is 0 Å². The van der Waals surface area contributed by atoms with E-state index in [1.54, 1.807) is 12.1 Å². The number of rotatable bonds is 9. The van der Waals surface area contributed by atoms with Gasteiger partial charge in [-0.15, -0.1) is 12.3 Å². The average Bonchev–Trinajstić information content (AvgIpc) is 3.51. The molecule has 3 aliphatic heterocycles. The van der Waals surface area contributed by atoms with Crippen molar-refractivity contribution in [3.63, 3.8) is 0 Å². The summed E-state index contributed by atoms with van der Waals surface area (Å²) in [6.45, 7) is 0.244. The first kappa shape index (κ1) is 22.1. The summed E-state index contributed by atoms with van der Waals surface area (Å²) in [7, 11) is 0. The lowest BCUT2D eigenvalue weighted by atomic mass is 10.0. The number of hydrogen-bond donors (Lipinski definition) is 3. The fourth-order valence-electron chi connectivity index (χ4n) is 3.97. The number of nitrogens with zero attached hydrogens (tertiary/aromatic N) is 3. The Morgan fingerprint density at radius 1 is 1.21 bits per heavy atom. The molecular formula is C22H22N6O5. The van der Waals surface area contributed by atoms with E-state index in [1.807, 2.05) is 0 Å². The number of amides is 5. The Labute approximate surface area is 189 Å². The van der Waals surface area contributed by atoms with Crippen molar-refractivity contribution in [2.75, 3.05) is 18.4 Å². The zero-order valence-corrected chi connectivity index (χ0v) is 17.7. The second kappa shape index (κ2) is 8.82. The number of nitrogens with one attached hydrogen (secondary N) is 3. The van der Waals surface area contributed by atoms with Gasteiger partial charge in [-0.2, -0.15) is 10.2 Å². The van der Waals surface area contributed by atoms with E-state index in [-0.39, 0.29) is 36.4 Å². The van der Waals surface area contributed by atoms with E-state index in [4.69, 9.17) is 6.42 Å². The molecule has 0 aliphatic carbocycles. The minimum absolute atomic E-state index is 0.0413. The lowest BCUT2D eigenvalue weighted by Gasteiger charge is -2.27. The molecule has 3 N–H and O–H groups in total. The smallest absolute Gasteiger partial charge is 0.264 e. The van der Waals surface area contributed by atoms with Gasteiger partial charge >= 0.3 is 0 Å². The van der Waals surface area contributed by atoms with E-state index in [9.17, 15) is 24.0 Å². The van der Waals surface area contributed by atoms with E-state index in [1.165, 1.54) is 6.07 Å². The highest BCUT2D eigenvalue weighted by Gasteiger charge is 2.45. The van der Waals surface area contributed by atoms with Crippen molar-refractivity contribution in [3.8, 4) is 12.3 Å². The molecule has 1 aromatic rings. The Balaban J connectivity index is 1.36. The largest absolute Gasteiger partial charge is 0.375 e. The molecule has 0 bridgehead atoms. The molecule has 170 valence electrons. The molecule has 3 heterocycles. The van der Waals surface area contributed by atoms with Crippen LogP contribution in [0.5, 0.6) is 0 Å². The Hall–Kier alpha value is -4.07. The van der Waals surface area contributed by atoms with Crippen LogP contribution in [-0.2, 0) is 14.4 Å². The van der Waals surface area contributed by atoms with Crippen LogP contribution >= 0.6 is 0 Å². The molecule has 0 saturated carbocycles. The van der Waals surface area contributed by atoms with Crippen LogP contribution in [0.25, 0.3) is 0 Å². The molecule has 0 aromatic heterocycles. The van der Waals surface area contributed by atoms with Gasteiger partial charge in [0.15, 0.2) is 5.66 Å². The average molecular weight is 450 g/mol. The Bertz CT molecular complexity index is 1110. The summed E-state index contributed by atoms with van der Waals surface area (Å²) >= 11 is 0. The van der Waals surface area contributed by atoms with Crippen LogP contribution < -0.4 is 16.0 Å². The third-order valence-corrected chi connectivity index (χ3v) is 5.81. The Kier molecular flexibility index (Phi) is 5.91. The number of terminal acetylenes is 1. The maximum atomic E-state index is 13.0. The van der Waals surface area contributed by atoms with Gasteiger partial charge in [0, 0.05) is 37.9 Å². The van der Waals surface area contributed by atoms with Crippen LogP contribution in [-0.4, -0.2) is 59.2 Å². The summed E-state index contributed by atoms with van der Waals surface area (Å²) in [5, 5.41) is 15.8. The molecule has 1 aromatic carbocycles. The van der Waals surface area contributed by atoms with Crippen molar-refractivity contribution < 1.29 is 24.0 Å². The Morgan fingerprint density at radius 3 is 2.70 bits per heavy atom. The second-order valence-electron chi connectivity index (χ2n) is 8.02. The molecule has 1 atom stereocenters. The highest BCUT2D eigenvalue weighted by Crippen LogP contribution is 2.36. The summed E-state index contributed by atoms with van der Waals surface area (Å²) in [5.41, 5.74) is 0.0689. The van der Waals surface area contributed by atoms with Crippen LogP contribution in [0.1, 0.15) is 52.8 Å². The van der Waals surface area contributed by atoms with Gasteiger partial charge < -0.3 is 10.6 Å². The van der Waals surface area contributed by atoms with Crippen molar-refractivity contribution >= 4 is 35.2 Å². The minimum atomic E-state index is -1.05. The van der Waals surface area contributed by atoms with Gasteiger partial charge in [0.05, 0.1) is 17.7 Å². The van der Waals surface area contributed by atoms with Crippen LogP contribution in [0.3, 0.4) is 0 Å². The van der Waals surface area contributed by atoms with E-state index < -0.39 is 35.3 Å². The van der Waals surface area contributed by atoms with Gasteiger partial charge in [0.1, 0.15) is 6.04 Å². The van der Waals surface area contributed by atoms with E-state index in [2.05, 4.69) is 32.1 Å². The first-order valence-corrected chi connectivity index (χ1v) is 10.6. The number of carbonyl (C=O) groups excluding carboxylic acids is 5. The normalized spacial score (nSPS) is 20.2. The molecule has 11 nitrogen and oxygen atoms in total. The first-order chi connectivity index (χ1) is 15.8. The fraction of sp³-hybridized carbons (Fsp3) is 0.409. The molecular weight excluding hydrogens is 428 g/mol. The van der Waals surface area contributed by atoms with Crippen LogP contribution in [0.4, 0.5) is 5.69 Å². The zero-order chi connectivity index (χ0) is 23.6. The lowest BCUT2D eigenvalue weighted by molar-refractivity contribution is -0.136. The van der Waals surface area contributed by atoms with Crippen molar-refractivity contribution in [3.05, 3.63) is 29.3 Å². The molecule has 0 spiro atoms. The third-order valence-electron chi connectivity index (χ3n) is 5.81. The molecule has 0 radical (unpaired) electrons. The monoisotopic (exact) mass is 450 g/mol. The van der Waals surface area contributed by atoms with Gasteiger partial charge in [-0.1, -0.05) is 6.07 Å². The SMILES string of the molecule is C#CCCC1(CCNC(=O)CNc2cccc3c2C(=O)N(C2CCC(=O)NC2=O)C3=O)N=N1. The van der Waals surface area contributed by atoms with E-state index in [0.29, 0.717) is 31.5 Å². The van der Waals surface area contributed by atoms with Crippen molar-refractivity contribution in [2.45, 2.75) is 43.8 Å². The number of carbonyl (C=O) groups is 5. The van der Waals surface area contributed by atoms with Crippen LogP contribution in [0.15, 0.2) is 28.4 Å². The number of anilines is 1. The summed E-state index contributed by atoms with van der Waals surface area (Å²) in [6, 6.07) is 3.61. The number of imide groups is 2. The molecule has 1 saturated heterocycles. The van der Waals surface area contributed by atoms with Crippen LogP contribution in [0.2, 0.25) is 0 Å². The van der Waals surface area contributed by atoms with Crippen molar-refractivity contribution in [2.24, 2.45) is 10.2 Å². The number of fused-ring (bicyclic) bond motifs is 1. The Morgan fingerprint density at radius 2 is 2.00 bits per heavy atom. The molecule has 1 fully saturated rings. The standard InChI is InChI=1S/C22H22N6O5/c1-2-3-9-22(26-27-22)10-11-23-17(30)12-24-14-6-4-5-13-18(14)21(33)28(20(13)32)15-7-8-16(29)25-19(15)31/h1,4-6,15,24H,3,7-12H2,(H,23,30)(H,25,29,31). The van der Waals surface area contributed by atoms with E-state index >= 15 is 0 Å².